The molecule has 0 fully saturated rings. The Balaban J connectivity index is 3.84. The second-order valence-corrected chi connectivity index (χ2v) is 3.74. The summed E-state index contributed by atoms with van der Waals surface area (Å²) in [6.07, 6.45) is 1.69. The molecule has 0 rings (SSSR count). The van der Waals surface area contributed by atoms with Crippen molar-refractivity contribution in [2.45, 2.75) is 53.2 Å². The molecule has 0 saturated heterocycles. The summed E-state index contributed by atoms with van der Waals surface area (Å²) in [5.74, 6) is 0.701. The zero-order valence-electron chi connectivity index (χ0n) is 9.15. The number of hydrogen-bond acceptors (Lipinski definition) is 2. The van der Waals surface area contributed by atoms with Crippen molar-refractivity contribution in [1.82, 2.24) is 10.6 Å². The molecular formula is C10H24N2. The second kappa shape index (κ2) is 6.44. The topological polar surface area (TPSA) is 24.1 Å². The summed E-state index contributed by atoms with van der Waals surface area (Å²) in [6, 6.07) is 0.558. The molecule has 0 bridgehead atoms. The highest BCUT2D eigenvalue weighted by molar-refractivity contribution is 4.71. The predicted octanol–water partition coefficient (Wildman–Crippen LogP) is 1.97. The van der Waals surface area contributed by atoms with E-state index in [-0.39, 0.29) is 0 Å². The minimum atomic E-state index is 0.472. The third-order valence-corrected chi connectivity index (χ3v) is 2.15. The van der Waals surface area contributed by atoms with E-state index in [1.165, 1.54) is 6.42 Å². The van der Waals surface area contributed by atoms with Gasteiger partial charge < -0.3 is 5.32 Å². The van der Waals surface area contributed by atoms with Gasteiger partial charge in [-0.1, -0.05) is 27.2 Å². The Morgan fingerprint density at radius 2 is 1.67 bits per heavy atom. The first kappa shape index (κ1) is 11.9. The van der Waals surface area contributed by atoms with Gasteiger partial charge in [0, 0.05) is 6.04 Å². The zero-order valence-corrected chi connectivity index (χ0v) is 9.15. The van der Waals surface area contributed by atoms with Crippen molar-refractivity contribution in [3.8, 4) is 0 Å². The highest BCUT2D eigenvalue weighted by Gasteiger charge is 2.14. The first-order valence-corrected chi connectivity index (χ1v) is 5.11. The lowest BCUT2D eigenvalue weighted by atomic mass is 10.1. The van der Waals surface area contributed by atoms with Crippen LogP contribution in [0.25, 0.3) is 0 Å². The SMILES string of the molecule is CCNC(NC(C)C)C(C)CC. The van der Waals surface area contributed by atoms with Gasteiger partial charge in [0.15, 0.2) is 0 Å². The summed E-state index contributed by atoms with van der Waals surface area (Å²) in [7, 11) is 0. The van der Waals surface area contributed by atoms with Crippen LogP contribution in [0.5, 0.6) is 0 Å². The molecule has 12 heavy (non-hydrogen) atoms. The number of nitrogens with one attached hydrogen (secondary N) is 2. The molecule has 0 aliphatic carbocycles. The Bertz CT molecular complexity index is 102. The third-order valence-electron chi connectivity index (χ3n) is 2.15. The normalized spacial score (nSPS) is 16.5. The maximum Gasteiger partial charge on any atom is 0.0599 e. The molecular weight excluding hydrogens is 148 g/mol. The fourth-order valence-corrected chi connectivity index (χ4v) is 1.24. The van der Waals surface area contributed by atoms with E-state index in [4.69, 9.17) is 0 Å². The van der Waals surface area contributed by atoms with Crippen molar-refractivity contribution in [1.29, 1.82) is 0 Å². The van der Waals surface area contributed by atoms with E-state index < -0.39 is 0 Å². The Labute approximate surface area is 77.1 Å². The Morgan fingerprint density at radius 3 is 2.00 bits per heavy atom. The van der Waals surface area contributed by atoms with Crippen LogP contribution in [0, 0.1) is 5.92 Å². The molecule has 2 nitrogen and oxygen atoms in total. The monoisotopic (exact) mass is 172 g/mol. The third kappa shape index (κ3) is 4.73. The maximum atomic E-state index is 3.52. The van der Waals surface area contributed by atoms with Crippen molar-refractivity contribution in [2.75, 3.05) is 6.54 Å². The average molecular weight is 172 g/mol. The summed E-state index contributed by atoms with van der Waals surface area (Å²) in [6.45, 7) is 12.1. The molecule has 0 aromatic carbocycles. The molecule has 0 aromatic heterocycles. The summed E-state index contributed by atoms with van der Waals surface area (Å²) in [4.78, 5) is 0. The quantitative estimate of drug-likeness (QED) is 0.599. The van der Waals surface area contributed by atoms with Crippen LogP contribution >= 0.6 is 0 Å². The van der Waals surface area contributed by atoms with Gasteiger partial charge in [0.2, 0.25) is 0 Å². The van der Waals surface area contributed by atoms with Gasteiger partial charge in [-0.25, -0.2) is 0 Å². The van der Waals surface area contributed by atoms with Gasteiger partial charge in [0.1, 0.15) is 0 Å². The van der Waals surface area contributed by atoms with Crippen LogP contribution in [0.1, 0.15) is 41.0 Å². The molecule has 0 saturated carbocycles. The molecule has 0 amide bonds. The molecule has 0 aliphatic rings. The molecule has 2 unspecified atom stereocenters. The van der Waals surface area contributed by atoms with Crippen LogP contribution in [0.2, 0.25) is 0 Å². The van der Waals surface area contributed by atoms with Crippen LogP contribution < -0.4 is 10.6 Å². The van der Waals surface area contributed by atoms with E-state index in [2.05, 4.69) is 45.3 Å². The summed E-state index contributed by atoms with van der Waals surface area (Å²) >= 11 is 0. The molecule has 0 heterocycles. The molecule has 2 atom stereocenters. The van der Waals surface area contributed by atoms with E-state index in [0.717, 1.165) is 6.54 Å². The zero-order chi connectivity index (χ0) is 9.56. The first-order valence-electron chi connectivity index (χ1n) is 5.11. The highest BCUT2D eigenvalue weighted by atomic mass is 15.1. The van der Waals surface area contributed by atoms with Gasteiger partial charge in [-0.15, -0.1) is 0 Å². The molecule has 2 N–H and O–H groups in total. The molecule has 74 valence electrons. The van der Waals surface area contributed by atoms with E-state index in [0.29, 0.717) is 18.1 Å². The number of hydrogen-bond donors (Lipinski definition) is 2. The Kier molecular flexibility index (Phi) is 6.39. The van der Waals surface area contributed by atoms with Crippen LogP contribution in [-0.4, -0.2) is 18.8 Å². The van der Waals surface area contributed by atoms with Gasteiger partial charge in [0.05, 0.1) is 6.17 Å². The summed E-state index contributed by atoms with van der Waals surface area (Å²) in [5.41, 5.74) is 0. The lowest BCUT2D eigenvalue weighted by Crippen LogP contribution is -2.49. The van der Waals surface area contributed by atoms with Crippen molar-refractivity contribution >= 4 is 0 Å². The smallest absolute Gasteiger partial charge is 0.0599 e. The average Bonchev–Trinajstić information content (AvgIpc) is 2.01. The van der Waals surface area contributed by atoms with E-state index in [1.807, 2.05) is 0 Å². The summed E-state index contributed by atoms with van der Waals surface area (Å²) < 4.78 is 0. The van der Waals surface area contributed by atoms with Crippen LogP contribution in [-0.2, 0) is 0 Å². The van der Waals surface area contributed by atoms with E-state index in [9.17, 15) is 0 Å². The van der Waals surface area contributed by atoms with Crippen LogP contribution in [0.4, 0.5) is 0 Å². The standard InChI is InChI=1S/C10H24N2/c1-6-9(5)10(11-7-2)12-8(3)4/h8-12H,6-7H2,1-5H3. The van der Waals surface area contributed by atoms with E-state index in [1.54, 1.807) is 0 Å². The van der Waals surface area contributed by atoms with Crippen molar-refractivity contribution in [3.05, 3.63) is 0 Å². The van der Waals surface area contributed by atoms with Gasteiger partial charge >= 0.3 is 0 Å². The van der Waals surface area contributed by atoms with Gasteiger partial charge in [-0.2, -0.15) is 0 Å². The fraction of sp³-hybridized carbons (Fsp3) is 1.00. The highest BCUT2D eigenvalue weighted by Crippen LogP contribution is 2.05. The minimum Gasteiger partial charge on any atom is -0.302 e. The largest absolute Gasteiger partial charge is 0.302 e. The Hall–Kier alpha value is -0.0800. The van der Waals surface area contributed by atoms with Gasteiger partial charge in [-0.3, -0.25) is 5.32 Å². The van der Waals surface area contributed by atoms with E-state index >= 15 is 0 Å². The van der Waals surface area contributed by atoms with Crippen molar-refractivity contribution in [3.63, 3.8) is 0 Å². The maximum absolute atomic E-state index is 3.52. The molecule has 0 aliphatic heterocycles. The summed E-state index contributed by atoms with van der Waals surface area (Å²) in [5, 5.41) is 6.97. The van der Waals surface area contributed by atoms with Gasteiger partial charge in [-0.05, 0) is 26.3 Å². The molecule has 0 radical (unpaired) electrons. The molecule has 2 heteroatoms. The molecule has 0 aromatic rings. The van der Waals surface area contributed by atoms with Crippen molar-refractivity contribution < 1.29 is 0 Å². The van der Waals surface area contributed by atoms with Crippen molar-refractivity contribution in [2.24, 2.45) is 5.92 Å². The fourth-order valence-electron chi connectivity index (χ4n) is 1.24. The second-order valence-electron chi connectivity index (χ2n) is 3.74. The van der Waals surface area contributed by atoms with Crippen LogP contribution in [0.3, 0.4) is 0 Å². The van der Waals surface area contributed by atoms with Crippen LogP contribution in [0.15, 0.2) is 0 Å². The minimum absolute atomic E-state index is 0.472. The number of rotatable bonds is 6. The lowest BCUT2D eigenvalue weighted by Gasteiger charge is -2.27. The van der Waals surface area contributed by atoms with Gasteiger partial charge in [0.25, 0.3) is 0 Å². The molecule has 0 spiro atoms. The predicted molar refractivity (Wildman–Crippen MR) is 55.2 cm³/mol. The first-order chi connectivity index (χ1) is 5.61. The Morgan fingerprint density at radius 1 is 1.08 bits per heavy atom. The lowest BCUT2D eigenvalue weighted by molar-refractivity contribution is 0.296.